The van der Waals surface area contributed by atoms with Gasteiger partial charge in [0.15, 0.2) is 0 Å². The van der Waals surface area contributed by atoms with Gasteiger partial charge in [0, 0.05) is 12.2 Å². The van der Waals surface area contributed by atoms with Gasteiger partial charge in [0.25, 0.3) is 0 Å². The van der Waals surface area contributed by atoms with Crippen LogP contribution in [-0.4, -0.2) is 12.6 Å². The first-order chi connectivity index (χ1) is 10.2. The van der Waals surface area contributed by atoms with Crippen molar-refractivity contribution in [2.24, 2.45) is 0 Å². The number of para-hydroxylation sites is 2. The van der Waals surface area contributed by atoms with Crippen LogP contribution in [0.4, 0.5) is 20.6 Å². The van der Waals surface area contributed by atoms with E-state index in [-0.39, 0.29) is 18.7 Å². The molecule has 0 saturated carbocycles. The second-order valence-corrected chi connectivity index (χ2v) is 4.31. The fourth-order valence-corrected chi connectivity index (χ4v) is 1.86. The second-order valence-electron chi connectivity index (χ2n) is 4.31. The summed E-state index contributed by atoms with van der Waals surface area (Å²) in [5, 5.41) is 11.2. The average molecular weight is 283 g/mol. The summed E-state index contributed by atoms with van der Waals surface area (Å²) in [6.45, 7) is 0.237. The second kappa shape index (κ2) is 7.06. The molecule has 0 saturated heterocycles. The smallest absolute Gasteiger partial charge is 0.305 e. The zero-order valence-corrected chi connectivity index (χ0v) is 11.3. The van der Waals surface area contributed by atoms with Gasteiger partial charge in [0.1, 0.15) is 5.82 Å². The van der Waals surface area contributed by atoms with Gasteiger partial charge in [0.05, 0.1) is 18.2 Å². The van der Waals surface area contributed by atoms with Gasteiger partial charge in [-0.05, 0) is 24.3 Å². The molecule has 0 aliphatic carbocycles. The Bertz CT molecular complexity index is 652. The van der Waals surface area contributed by atoms with Crippen LogP contribution in [0.3, 0.4) is 0 Å². The van der Waals surface area contributed by atoms with Crippen LogP contribution in [-0.2, 0) is 0 Å². The predicted molar refractivity (Wildman–Crippen MR) is 79.4 cm³/mol. The van der Waals surface area contributed by atoms with E-state index >= 15 is 0 Å². The molecule has 0 heterocycles. The number of benzene rings is 2. The van der Waals surface area contributed by atoms with E-state index in [9.17, 15) is 9.18 Å². The van der Waals surface area contributed by atoms with E-state index in [0.717, 1.165) is 0 Å². The molecule has 106 valence electrons. The van der Waals surface area contributed by atoms with Crippen LogP contribution < -0.4 is 10.2 Å². The van der Waals surface area contributed by atoms with Gasteiger partial charge in [-0.3, -0.25) is 4.90 Å². The highest BCUT2D eigenvalue weighted by molar-refractivity contribution is 6.01. The number of hydrogen-bond donors (Lipinski definition) is 1. The number of amides is 2. The summed E-state index contributed by atoms with van der Waals surface area (Å²) in [6, 6.07) is 16.4. The monoisotopic (exact) mass is 283 g/mol. The third-order valence-corrected chi connectivity index (χ3v) is 2.88. The van der Waals surface area contributed by atoms with Crippen molar-refractivity contribution in [2.75, 3.05) is 16.8 Å². The Labute approximate surface area is 122 Å². The molecular weight excluding hydrogens is 269 g/mol. The van der Waals surface area contributed by atoms with E-state index < -0.39 is 11.8 Å². The maximum Gasteiger partial charge on any atom is 0.326 e. The van der Waals surface area contributed by atoms with Crippen molar-refractivity contribution in [3.05, 3.63) is 60.4 Å². The number of hydrogen-bond acceptors (Lipinski definition) is 2. The lowest BCUT2D eigenvalue weighted by molar-refractivity contribution is 0.257. The summed E-state index contributed by atoms with van der Waals surface area (Å²) < 4.78 is 13.6. The largest absolute Gasteiger partial charge is 0.326 e. The first-order valence-corrected chi connectivity index (χ1v) is 6.47. The molecule has 0 spiro atoms. The molecule has 5 heteroatoms. The molecule has 2 amide bonds. The van der Waals surface area contributed by atoms with E-state index in [1.807, 2.05) is 12.1 Å². The molecule has 0 unspecified atom stereocenters. The zero-order chi connectivity index (χ0) is 15.1. The first-order valence-electron chi connectivity index (χ1n) is 6.47. The average Bonchev–Trinajstić information content (AvgIpc) is 2.51. The van der Waals surface area contributed by atoms with Crippen molar-refractivity contribution in [2.45, 2.75) is 6.42 Å². The van der Waals surface area contributed by atoms with Crippen LogP contribution >= 0.6 is 0 Å². The Morgan fingerprint density at radius 1 is 1.14 bits per heavy atom. The highest BCUT2D eigenvalue weighted by Crippen LogP contribution is 2.17. The molecule has 4 nitrogen and oxygen atoms in total. The number of carbonyl (C=O) groups excluding carboxylic acids is 1. The lowest BCUT2D eigenvalue weighted by atomic mass is 10.2. The minimum atomic E-state index is -0.501. The van der Waals surface area contributed by atoms with Crippen molar-refractivity contribution in [3.63, 3.8) is 0 Å². The highest BCUT2D eigenvalue weighted by atomic mass is 19.1. The molecule has 21 heavy (non-hydrogen) atoms. The molecule has 0 radical (unpaired) electrons. The minimum absolute atomic E-state index is 0.111. The Kier molecular flexibility index (Phi) is 4.89. The fraction of sp³-hybridized carbons (Fsp3) is 0.125. The molecular formula is C16H14FN3O. The molecule has 2 aromatic rings. The number of nitrogens with zero attached hydrogens (tertiary/aromatic N) is 2. The van der Waals surface area contributed by atoms with E-state index in [0.29, 0.717) is 5.69 Å². The molecule has 0 aliphatic heterocycles. The van der Waals surface area contributed by atoms with E-state index in [1.54, 1.807) is 36.4 Å². The lowest BCUT2D eigenvalue weighted by Gasteiger charge is -2.22. The molecule has 0 aliphatic rings. The fourth-order valence-electron chi connectivity index (χ4n) is 1.86. The normalized spacial score (nSPS) is 9.71. The van der Waals surface area contributed by atoms with Crippen molar-refractivity contribution in [3.8, 4) is 6.07 Å². The van der Waals surface area contributed by atoms with E-state index in [1.165, 1.54) is 17.0 Å². The Hall–Kier alpha value is -2.87. The molecule has 2 rings (SSSR count). The standard InChI is InChI=1S/C16H14FN3O/c17-14-9-4-5-10-15(14)19-16(21)20(12-6-11-18)13-7-2-1-3-8-13/h1-5,7-10H,6,12H2,(H,19,21). The Morgan fingerprint density at radius 3 is 2.48 bits per heavy atom. The van der Waals surface area contributed by atoms with Crippen LogP contribution in [0.2, 0.25) is 0 Å². The topological polar surface area (TPSA) is 56.1 Å². The number of nitriles is 1. The van der Waals surface area contributed by atoms with Gasteiger partial charge >= 0.3 is 6.03 Å². The Morgan fingerprint density at radius 2 is 1.81 bits per heavy atom. The quantitative estimate of drug-likeness (QED) is 0.928. The molecule has 0 bridgehead atoms. The van der Waals surface area contributed by atoms with Gasteiger partial charge < -0.3 is 5.32 Å². The van der Waals surface area contributed by atoms with Gasteiger partial charge in [-0.15, -0.1) is 0 Å². The van der Waals surface area contributed by atoms with Crippen LogP contribution in [0.1, 0.15) is 6.42 Å². The third kappa shape index (κ3) is 3.80. The third-order valence-electron chi connectivity index (χ3n) is 2.88. The molecule has 0 atom stereocenters. The molecule has 0 fully saturated rings. The van der Waals surface area contributed by atoms with Crippen molar-refractivity contribution in [1.82, 2.24) is 0 Å². The van der Waals surface area contributed by atoms with Crippen molar-refractivity contribution in [1.29, 1.82) is 5.26 Å². The van der Waals surface area contributed by atoms with Crippen LogP contribution in [0.25, 0.3) is 0 Å². The van der Waals surface area contributed by atoms with Gasteiger partial charge in [-0.2, -0.15) is 5.26 Å². The number of nitrogens with one attached hydrogen (secondary N) is 1. The van der Waals surface area contributed by atoms with Crippen molar-refractivity contribution >= 4 is 17.4 Å². The van der Waals surface area contributed by atoms with Gasteiger partial charge in [0.2, 0.25) is 0 Å². The van der Waals surface area contributed by atoms with Crippen molar-refractivity contribution < 1.29 is 9.18 Å². The summed E-state index contributed by atoms with van der Waals surface area (Å²) in [5.74, 6) is -0.501. The number of urea groups is 1. The maximum absolute atomic E-state index is 13.6. The first kappa shape index (κ1) is 14.5. The minimum Gasteiger partial charge on any atom is -0.305 e. The summed E-state index contributed by atoms with van der Waals surface area (Å²) >= 11 is 0. The highest BCUT2D eigenvalue weighted by Gasteiger charge is 2.16. The summed E-state index contributed by atoms with van der Waals surface area (Å²) in [6.07, 6.45) is 0.194. The van der Waals surface area contributed by atoms with E-state index in [4.69, 9.17) is 5.26 Å². The number of anilines is 2. The van der Waals surface area contributed by atoms with Gasteiger partial charge in [-0.25, -0.2) is 9.18 Å². The number of halogens is 1. The SMILES string of the molecule is N#CCCN(C(=O)Nc1ccccc1F)c1ccccc1. The van der Waals surface area contributed by atoms with Crippen LogP contribution in [0.15, 0.2) is 54.6 Å². The molecule has 0 aromatic heterocycles. The van der Waals surface area contributed by atoms with Crippen LogP contribution in [0.5, 0.6) is 0 Å². The summed E-state index contributed by atoms with van der Waals surface area (Å²) in [5.41, 5.74) is 0.766. The van der Waals surface area contributed by atoms with Gasteiger partial charge in [-0.1, -0.05) is 30.3 Å². The maximum atomic E-state index is 13.6. The zero-order valence-electron chi connectivity index (χ0n) is 11.3. The lowest BCUT2D eigenvalue weighted by Crippen LogP contribution is -2.35. The van der Waals surface area contributed by atoms with E-state index in [2.05, 4.69) is 5.32 Å². The Balaban J connectivity index is 2.19. The number of rotatable bonds is 4. The predicted octanol–water partition coefficient (Wildman–Crippen LogP) is 3.78. The summed E-state index contributed by atoms with van der Waals surface area (Å²) in [7, 11) is 0. The summed E-state index contributed by atoms with van der Waals surface area (Å²) in [4.78, 5) is 13.7. The number of carbonyl (C=O) groups is 1. The molecule has 1 N–H and O–H groups in total. The molecule has 2 aromatic carbocycles. The van der Waals surface area contributed by atoms with Crippen LogP contribution in [0, 0.1) is 17.1 Å².